The third kappa shape index (κ3) is 2.98. The van der Waals surface area contributed by atoms with Crippen molar-refractivity contribution >= 4 is 28.8 Å². The maximum atomic E-state index is 10.7. The van der Waals surface area contributed by atoms with Crippen LogP contribution in [0.1, 0.15) is 29.3 Å². The van der Waals surface area contributed by atoms with E-state index in [2.05, 4.69) is 5.32 Å². The molecule has 1 aromatic rings. The van der Waals surface area contributed by atoms with Crippen molar-refractivity contribution in [2.75, 3.05) is 6.54 Å². The molecule has 1 aliphatic rings. The summed E-state index contributed by atoms with van der Waals surface area (Å²) in [5, 5.41) is 12.5. The molecule has 0 fully saturated rings. The SMILES string of the molecule is NC(=O)C(O)CNC1CCCc2sc(Cl)cc21. The number of aliphatic hydroxyl groups is 1. The molecule has 17 heavy (non-hydrogen) atoms. The summed E-state index contributed by atoms with van der Waals surface area (Å²) < 4.78 is 0.791. The van der Waals surface area contributed by atoms with Gasteiger partial charge in [-0.05, 0) is 30.9 Å². The number of nitrogens with two attached hydrogens (primary N) is 1. The van der Waals surface area contributed by atoms with Gasteiger partial charge in [0.2, 0.25) is 5.91 Å². The Bertz CT molecular complexity index is 422. The molecule has 2 unspecified atom stereocenters. The van der Waals surface area contributed by atoms with E-state index in [1.807, 2.05) is 6.07 Å². The minimum absolute atomic E-state index is 0.163. The van der Waals surface area contributed by atoms with Crippen LogP contribution in [0.4, 0.5) is 0 Å². The minimum Gasteiger partial charge on any atom is -0.382 e. The third-order valence-corrected chi connectivity index (χ3v) is 4.31. The highest BCUT2D eigenvalue weighted by atomic mass is 35.5. The molecule has 0 aliphatic heterocycles. The summed E-state index contributed by atoms with van der Waals surface area (Å²) >= 11 is 7.60. The minimum atomic E-state index is -1.13. The van der Waals surface area contributed by atoms with Gasteiger partial charge in [-0.15, -0.1) is 11.3 Å². The summed E-state index contributed by atoms with van der Waals surface area (Å²) in [5.41, 5.74) is 6.20. The Kier molecular flexibility index (Phi) is 4.04. The van der Waals surface area contributed by atoms with Crippen LogP contribution in [0.5, 0.6) is 0 Å². The molecule has 4 nitrogen and oxygen atoms in total. The number of nitrogens with one attached hydrogen (secondary N) is 1. The average molecular weight is 275 g/mol. The Labute approximate surface area is 109 Å². The molecule has 6 heteroatoms. The van der Waals surface area contributed by atoms with Gasteiger partial charge in [0.1, 0.15) is 6.10 Å². The summed E-state index contributed by atoms with van der Waals surface area (Å²) in [5.74, 6) is -0.697. The van der Waals surface area contributed by atoms with Crippen LogP contribution in [0.3, 0.4) is 0 Å². The van der Waals surface area contributed by atoms with Crippen LogP contribution in [-0.4, -0.2) is 23.7 Å². The summed E-state index contributed by atoms with van der Waals surface area (Å²) in [6.07, 6.45) is 2.01. The number of hydrogen-bond acceptors (Lipinski definition) is 4. The van der Waals surface area contributed by atoms with E-state index in [0.717, 1.165) is 23.6 Å². The lowest BCUT2D eigenvalue weighted by atomic mass is 9.94. The second-order valence-corrected chi connectivity index (χ2v) is 5.97. The number of aryl methyl sites for hydroxylation is 1. The van der Waals surface area contributed by atoms with Gasteiger partial charge in [-0.3, -0.25) is 4.79 Å². The Hall–Kier alpha value is -0.620. The van der Waals surface area contributed by atoms with Crippen LogP contribution >= 0.6 is 22.9 Å². The molecule has 0 bridgehead atoms. The van der Waals surface area contributed by atoms with Crippen molar-refractivity contribution < 1.29 is 9.90 Å². The van der Waals surface area contributed by atoms with Crippen molar-refractivity contribution in [3.63, 3.8) is 0 Å². The Balaban J connectivity index is 2.01. The molecule has 0 saturated carbocycles. The van der Waals surface area contributed by atoms with E-state index >= 15 is 0 Å². The van der Waals surface area contributed by atoms with E-state index in [1.165, 1.54) is 10.4 Å². The number of amides is 1. The third-order valence-electron chi connectivity index (χ3n) is 2.97. The molecule has 1 heterocycles. The Morgan fingerprint density at radius 1 is 1.76 bits per heavy atom. The van der Waals surface area contributed by atoms with E-state index in [0.29, 0.717) is 0 Å². The molecule has 1 aromatic heterocycles. The van der Waals surface area contributed by atoms with Gasteiger partial charge in [0, 0.05) is 17.5 Å². The second kappa shape index (κ2) is 5.35. The van der Waals surface area contributed by atoms with Crippen LogP contribution in [-0.2, 0) is 11.2 Å². The number of primary amides is 1. The highest BCUT2D eigenvalue weighted by Crippen LogP contribution is 2.37. The highest BCUT2D eigenvalue weighted by Gasteiger charge is 2.23. The van der Waals surface area contributed by atoms with E-state index in [1.54, 1.807) is 11.3 Å². The molecule has 0 radical (unpaired) electrons. The number of halogens is 1. The number of thiophene rings is 1. The molecule has 0 spiro atoms. The number of carbonyl (C=O) groups excluding carboxylic acids is 1. The fraction of sp³-hybridized carbons (Fsp3) is 0.545. The van der Waals surface area contributed by atoms with Gasteiger partial charge in [-0.2, -0.15) is 0 Å². The van der Waals surface area contributed by atoms with Gasteiger partial charge in [0.25, 0.3) is 0 Å². The first-order chi connectivity index (χ1) is 8.08. The predicted molar refractivity (Wildman–Crippen MR) is 68.2 cm³/mol. The number of hydrogen-bond donors (Lipinski definition) is 3. The zero-order valence-corrected chi connectivity index (χ0v) is 10.9. The lowest BCUT2D eigenvalue weighted by molar-refractivity contribution is -0.125. The van der Waals surface area contributed by atoms with Gasteiger partial charge in [0.15, 0.2) is 0 Å². The first-order valence-electron chi connectivity index (χ1n) is 5.57. The van der Waals surface area contributed by atoms with Crippen LogP contribution < -0.4 is 11.1 Å². The van der Waals surface area contributed by atoms with Crippen molar-refractivity contribution in [1.29, 1.82) is 0 Å². The van der Waals surface area contributed by atoms with E-state index in [4.69, 9.17) is 17.3 Å². The smallest absolute Gasteiger partial charge is 0.247 e. The summed E-state index contributed by atoms with van der Waals surface area (Å²) in [6, 6.07) is 2.13. The second-order valence-electron chi connectivity index (χ2n) is 4.20. The van der Waals surface area contributed by atoms with Crippen molar-refractivity contribution in [2.45, 2.75) is 31.4 Å². The van der Waals surface area contributed by atoms with Crippen LogP contribution in [0.2, 0.25) is 4.34 Å². The molecule has 94 valence electrons. The van der Waals surface area contributed by atoms with Gasteiger partial charge in [-0.25, -0.2) is 0 Å². The number of fused-ring (bicyclic) bond motifs is 1. The van der Waals surface area contributed by atoms with E-state index < -0.39 is 12.0 Å². The van der Waals surface area contributed by atoms with Crippen LogP contribution in [0.15, 0.2) is 6.07 Å². The predicted octanol–water partition coefficient (Wildman–Crippen LogP) is 1.21. The van der Waals surface area contributed by atoms with Crippen molar-refractivity contribution in [3.8, 4) is 0 Å². The summed E-state index contributed by atoms with van der Waals surface area (Å²) in [7, 11) is 0. The zero-order chi connectivity index (χ0) is 12.4. The molecule has 0 saturated heterocycles. The summed E-state index contributed by atoms with van der Waals surface area (Å²) in [6.45, 7) is 0.187. The average Bonchev–Trinajstić information content (AvgIpc) is 2.66. The van der Waals surface area contributed by atoms with Crippen molar-refractivity contribution in [3.05, 3.63) is 20.8 Å². The standard InChI is InChI=1S/C11H15ClN2O2S/c12-10-4-6-7(2-1-3-9(6)17-10)14-5-8(15)11(13)16/h4,7-8,14-15H,1-3,5H2,(H2,13,16). The summed E-state index contributed by atoms with van der Waals surface area (Å²) in [4.78, 5) is 12.0. The Morgan fingerprint density at radius 3 is 3.24 bits per heavy atom. The Morgan fingerprint density at radius 2 is 2.53 bits per heavy atom. The quantitative estimate of drug-likeness (QED) is 0.773. The molecule has 4 N–H and O–H groups in total. The molecule has 2 rings (SSSR count). The maximum absolute atomic E-state index is 10.7. The zero-order valence-electron chi connectivity index (χ0n) is 9.28. The molecule has 2 atom stereocenters. The normalized spacial score (nSPS) is 20.9. The van der Waals surface area contributed by atoms with Crippen LogP contribution in [0.25, 0.3) is 0 Å². The largest absolute Gasteiger partial charge is 0.382 e. The topological polar surface area (TPSA) is 75.4 Å². The number of rotatable bonds is 4. The van der Waals surface area contributed by atoms with Gasteiger partial charge < -0.3 is 16.2 Å². The lowest BCUT2D eigenvalue weighted by Crippen LogP contribution is -2.39. The molecular weight excluding hydrogens is 260 g/mol. The number of carbonyl (C=O) groups is 1. The van der Waals surface area contributed by atoms with E-state index in [9.17, 15) is 9.90 Å². The highest BCUT2D eigenvalue weighted by molar-refractivity contribution is 7.16. The van der Waals surface area contributed by atoms with Crippen molar-refractivity contribution in [2.24, 2.45) is 5.73 Å². The van der Waals surface area contributed by atoms with Gasteiger partial charge in [-0.1, -0.05) is 11.6 Å². The van der Waals surface area contributed by atoms with Gasteiger partial charge in [0.05, 0.1) is 4.34 Å². The molecular formula is C11H15ClN2O2S. The fourth-order valence-electron chi connectivity index (χ4n) is 2.09. The molecule has 0 aromatic carbocycles. The van der Waals surface area contributed by atoms with E-state index in [-0.39, 0.29) is 12.6 Å². The van der Waals surface area contributed by atoms with Gasteiger partial charge >= 0.3 is 0 Å². The monoisotopic (exact) mass is 274 g/mol. The molecule has 1 aliphatic carbocycles. The van der Waals surface area contributed by atoms with Crippen molar-refractivity contribution in [1.82, 2.24) is 5.32 Å². The lowest BCUT2D eigenvalue weighted by Gasteiger charge is -2.24. The number of aliphatic hydroxyl groups excluding tert-OH is 1. The van der Waals surface area contributed by atoms with Crippen LogP contribution in [0, 0.1) is 0 Å². The first-order valence-corrected chi connectivity index (χ1v) is 6.76. The molecule has 1 amide bonds. The maximum Gasteiger partial charge on any atom is 0.247 e. The first kappa shape index (κ1) is 12.8. The fourth-order valence-corrected chi connectivity index (χ4v) is 3.47.